The molecule has 38 heavy (non-hydrogen) atoms. The number of rotatable bonds is 3. The Balaban J connectivity index is 1.44. The summed E-state index contributed by atoms with van der Waals surface area (Å²) >= 11 is 0. The number of benzene rings is 5. The summed E-state index contributed by atoms with van der Waals surface area (Å²) in [7, 11) is 0. The van der Waals surface area contributed by atoms with Gasteiger partial charge in [-0.05, 0) is 60.9 Å². The number of fused-ring (bicyclic) bond motifs is 6. The molecule has 0 N–H and O–H groups in total. The molecule has 0 spiro atoms. The van der Waals surface area contributed by atoms with Crippen LogP contribution in [0.25, 0.3) is 55.2 Å². The first-order valence-electron chi connectivity index (χ1n) is 13.2. The fourth-order valence-corrected chi connectivity index (χ4v) is 6.20. The van der Waals surface area contributed by atoms with Crippen LogP contribution in [0.3, 0.4) is 0 Å². The number of hydrogen-bond acceptors (Lipinski definition) is 1. The SMILES string of the molecule is C1=Nc2c(n(-c3ccccc3)c3ccc(-c4cccc5c6ccccc6n(-c6ccccc6)c45)cc23)CC1. The first kappa shape index (κ1) is 21.2. The average molecular weight is 488 g/mol. The number of hydrogen-bond donors (Lipinski definition) is 0. The van der Waals surface area contributed by atoms with Crippen molar-refractivity contribution >= 4 is 44.6 Å². The van der Waals surface area contributed by atoms with Crippen LogP contribution in [0.4, 0.5) is 5.69 Å². The standard InChI is InChI=1S/C35H25N3/c1-3-11-25(12-4-1)37-32-21-20-24(23-30(32)34-33(37)19-10-22-36-34)27-16-9-17-29-28-15-7-8-18-31(28)38(35(27)29)26-13-5-2-6-14-26/h1-9,11-18,20-23H,10,19H2. The maximum absolute atomic E-state index is 4.91. The van der Waals surface area contributed by atoms with Gasteiger partial charge < -0.3 is 9.13 Å². The van der Waals surface area contributed by atoms with Crippen molar-refractivity contribution in [1.29, 1.82) is 0 Å². The van der Waals surface area contributed by atoms with Crippen molar-refractivity contribution in [2.75, 3.05) is 0 Å². The van der Waals surface area contributed by atoms with Gasteiger partial charge in [-0.2, -0.15) is 0 Å². The average Bonchev–Trinajstić information content (AvgIpc) is 3.51. The van der Waals surface area contributed by atoms with Crippen molar-refractivity contribution < 1.29 is 0 Å². The second-order valence-corrected chi connectivity index (χ2v) is 9.94. The summed E-state index contributed by atoms with van der Waals surface area (Å²) in [6.07, 6.45) is 4.03. The fourth-order valence-electron chi connectivity index (χ4n) is 6.20. The maximum atomic E-state index is 4.91. The molecule has 0 saturated carbocycles. The molecule has 0 unspecified atom stereocenters. The van der Waals surface area contributed by atoms with Gasteiger partial charge in [-0.3, -0.25) is 4.99 Å². The summed E-state index contributed by atoms with van der Waals surface area (Å²) < 4.78 is 4.81. The van der Waals surface area contributed by atoms with Crippen molar-refractivity contribution in [2.45, 2.75) is 12.8 Å². The Morgan fingerprint density at radius 1 is 0.553 bits per heavy atom. The second-order valence-electron chi connectivity index (χ2n) is 9.94. The highest BCUT2D eigenvalue weighted by Gasteiger charge is 2.21. The van der Waals surface area contributed by atoms with E-state index in [2.05, 4.69) is 137 Å². The van der Waals surface area contributed by atoms with E-state index in [1.54, 1.807) is 0 Å². The molecule has 0 saturated heterocycles. The predicted octanol–water partition coefficient (Wildman–Crippen LogP) is 9.04. The maximum Gasteiger partial charge on any atom is 0.0917 e. The minimum absolute atomic E-state index is 0.972. The van der Waals surface area contributed by atoms with E-state index in [4.69, 9.17) is 4.99 Å². The summed E-state index contributed by atoms with van der Waals surface area (Å²) in [6.45, 7) is 0. The van der Waals surface area contributed by atoms with E-state index in [9.17, 15) is 0 Å². The van der Waals surface area contributed by atoms with Crippen LogP contribution in [0.2, 0.25) is 0 Å². The lowest BCUT2D eigenvalue weighted by Crippen LogP contribution is -2.02. The summed E-state index contributed by atoms with van der Waals surface area (Å²) in [5.74, 6) is 0. The third-order valence-corrected chi connectivity index (χ3v) is 7.80. The van der Waals surface area contributed by atoms with E-state index in [-0.39, 0.29) is 0 Å². The van der Waals surface area contributed by atoms with E-state index in [1.807, 2.05) is 0 Å². The molecule has 5 aromatic carbocycles. The molecule has 1 aliphatic rings. The highest BCUT2D eigenvalue weighted by atomic mass is 15.0. The van der Waals surface area contributed by atoms with Gasteiger partial charge in [0.05, 0.1) is 22.2 Å². The second kappa shape index (κ2) is 8.32. The van der Waals surface area contributed by atoms with Gasteiger partial charge in [0.2, 0.25) is 0 Å². The van der Waals surface area contributed by atoms with Crippen LogP contribution < -0.4 is 0 Å². The Hall–Kier alpha value is -4.89. The molecule has 3 heterocycles. The lowest BCUT2D eigenvalue weighted by Gasteiger charge is -2.13. The van der Waals surface area contributed by atoms with Gasteiger partial charge in [0.25, 0.3) is 0 Å². The number of nitrogens with zero attached hydrogens (tertiary/aromatic N) is 3. The van der Waals surface area contributed by atoms with Gasteiger partial charge in [-0.1, -0.05) is 78.9 Å². The highest BCUT2D eigenvalue weighted by molar-refractivity contribution is 6.14. The van der Waals surface area contributed by atoms with E-state index in [0.717, 1.165) is 18.5 Å². The molecule has 1 aliphatic heterocycles. The zero-order valence-corrected chi connectivity index (χ0v) is 20.9. The molecule has 0 fully saturated rings. The van der Waals surface area contributed by atoms with Crippen molar-refractivity contribution in [3.05, 3.63) is 127 Å². The number of para-hydroxylation sites is 4. The molecule has 0 amide bonds. The van der Waals surface area contributed by atoms with Gasteiger partial charge in [0.15, 0.2) is 0 Å². The fraction of sp³-hybridized carbons (Fsp3) is 0.0571. The van der Waals surface area contributed by atoms with E-state index in [1.165, 1.54) is 60.9 Å². The van der Waals surface area contributed by atoms with Gasteiger partial charge in [0, 0.05) is 45.0 Å². The summed E-state index contributed by atoms with van der Waals surface area (Å²) in [6, 6.07) is 43.6. The molecular formula is C35H25N3. The monoisotopic (exact) mass is 487 g/mol. The zero-order chi connectivity index (χ0) is 25.1. The Labute approximate surface area is 220 Å². The van der Waals surface area contributed by atoms with Gasteiger partial charge in [0.1, 0.15) is 0 Å². The third-order valence-electron chi connectivity index (χ3n) is 7.80. The third kappa shape index (κ3) is 3.05. The topological polar surface area (TPSA) is 22.2 Å². The van der Waals surface area contributed by atoms with Crippen molar-refractivity contribution in [1.82, 2.24) is 9.13 Å². The molecule has 0 radical (unpaired) electrons. The van der Waals surface area contributed by atoms with Crippen LogP contribution in [0, 0.1) is 0 Å². The van der Waals surface area contributed by atoms with Crippen LogP contribution in [-0.4, -0.2) is 15.3 Å². The molecule has 3 heteroatoms. The molecule has 180 valence electrons. The van der Waals surface area contributed by atoms with Gasteiger partial charge >= 0.3 is 0 Å². The van der Waals surface area contributed by atoms with Crippen molar-refractivity contribution in [3.8, 4) is 22.5 Å². The number of aliphatic imine (C=N–C) groups is 1. The van der Waals surface area contributed by atoms with Crippen molar-refractivity contribution in [2.24, 2.45) is 4.99 Å². The molecule has 0 atom stereocenters. The summed E-state index contributed by atoms with van der Waals surface area (Å²) in [5.41, 5.74) is 10.9. The van der Waals surface area contributed by atoms with Crippen LogP contribution >= 0.6 is 0 Å². The first-order chi connectivity index (χ1) is 18.9. The van der Waals surface area contributed by atoms with Crippen LogP contribution in [-0.2, 0) is 6.42 Å². The van der Waals surface area contributed by atoms with Crippen LogP contribution in [0.5, 0.6) is 0 Å². The Morgan fingerprint density at radius 2 is 1.24 bits per heavy atom. The lowest BCUT2D eigenvalue weighted by atomic mass is 10.00. The van der Waals surface area contributed by atoms with E-state index in [0.29, 0.717) is 0 Å². The smallest absolute Gasteiger partial charge is 0.0917 e. The minimum Gasteiger partial charge on any atom is -0.311 e. The largest absolute Gasteiger partial charge is 0.311 e. The Bertz CT molecular complexity index is 2010. The van der Waals surface area contributed by atoms with E-state index >= 15 is 0 Å². The van der Waals surface area contributed by atoms with Gasteiger partial charge in [-0.15, -0.1) is 0 Å². The molecular weight excluding hydrogens is 462 g/mol. The molecule has 0 bridgehead atoms. The van der Waals surface area contributed by atoms with E-state index < -0.39 is 0 Å². The molecule has 3 nitrogen and oxygen atoms in total. The Kier molecular flexibility index (Phi) is 4.65. The van der Waals surface area contributed by atoms with Crippen molar-refractivity contribution in [3.63, 3.8) is 0 Å². The normalized spacial score (nSPS) is 12.9. The van der Waals surface area contributed by atoms with Crippen LogP contribution in [0.15, 0.2) is 126 Å². The van der Waals surface area contributed by atoms with Gasteiger partial charge in [-0.25, -0.2) is 0 Å². The highest BCUT2D eigenvalue weighted by Crippen LogP contribution is 2.42. The molecule has 7 aromatic rings. The predicted molar refractivity (Wildman–Crippen MR) is 160 cm³/mol. The number of aromatic nitrogens is 2. The quantitative estimate of drug-likeness (QED) is 0.237. The zero-order valence-electron chi connectivity index (χ0n) is 20.9. The Morgan fingerprint density at radius 3 is 2.05 bits per heavy atom. The molecule has 0 aliphatic carbocycles. The lowest BCUT2D eigenvalue weighted by molar-refractivity contribution is 0.913. The first-order valence-corrected chi connectivity index (χ1v) is 13.2. The minimum atomic E-state index is 0.972. The summed E-state index contributed by atoms with van der Waals surface area (Å²) in [4.78, 5) is 4.91. The summed E-state index contributed by atoms with van der Waals surface area (Å²) in [5, 5.41) is 3.74. The van der Waals surface area contributed by atoms with Crippen LogP contribution in [0.1, 0.15) is 12.1 Å². The molecule has 8 rings (SSSR count). The molecule has 2 aromatic heterocycles.